The molecule has 4 nitrogen and oxygen atoms in total. The second kappa shape index (κ2) is 7.01. The molecule has 124 valence electrons. The van der Waals surface area contributed by atoms with E-state index in [1.165, 1.54) is 12.1 Å². The lowest BCUT2D eigenvalue weighted by atomic mass is 10.2. The first-order chi connectivity index (χ1) is 11.5. The first kappa shape index (κ1) is 16.5. The molecule has 0 radical (unpaired) electrons. The first-order valence-corrected chi connectivity index (χ1v) is 7.99. The van der Waals surface area contributed by atoms with Crippen molar-refractivity contribution in [3.05, 3.63) is 64.9 Å². The molecule has 1 fully saturated rings. The summed E-state index contributed by atoms with van der Waals surface area (Å²) in [5.74, 6) is -1.26. The maximum absolute atomic E-state index is 12.8. The molecule has 0 bridgehead atoms. The van der Waals surface area contributed by atoms with E-state index in [1.807, 2.05) is 0 Å². The Labute approximate surface area is 144 Å². The van der Waals surface area contributed by atoms with Crippen LogP contribution in [-0.2, 0) is 16.1 Å². The third-order valence-electron chi connectivity index (χ3n) is 3.96. The number of benzene rings is 2. The fraction of sp³-hybridized carbons (Fsp3) is 0.222. The number of amides is 2. The molecule has 0 heterocycles. The van der Waals surface area contributed by atoms with Crippen LogP contribution in [0.1, 0.15) is 12.0 Å². The molecular weight excluding hydrogens is 331 g/mol. The molecule has 24 heavy (non-hydrogen) atoms. The predicted molar refractivity (Wildman–Crippen MR) is 89.9 cm³/mol. The Kier molecular flexibility index (Phi) is 4.81. The third kappa shape index (κ3) is 4.11. The Hall–Kier alpha value is -2.40. The molecule has 2 unspecified atom stereocenters. The van der Waals surface area contributed by atoms with E-state index in [0.29, 0.717) is 23.7 Å². The Morgan fingerprint density at radius 2 is 1.62 bits per heavy atom. The summed E-state index contributed by atoms with van der Waals surface area (Å²) in [5, 5.41) is 6.15. The van der Waals surface area contributed by atoms with E-state index in [1.54, 1.807) is 36.4 Å². The molecule has 0 spiro atoms. The van der Waals surface area contributed by atoms with Gasteiger partial charge in [0.15, 0.2) is 0 Å². The van der Waals surface area contributed by atoms with Crippen molar-refractivity contribution >= 4 is 29.1 Å². The second-order valence-corrected chi connectivity index (χ2v) is 6.23. The summed E-state index contributed by atoms with van der Waals surface area (Å²) in [5.41, 5.74) is 1.47. The van der Waals surface area contributed by atoms with Crippen molar-refractivity contribution in [1.82, 2.24) is 5.32 Å². The van der Waals surface area contributed by atoms with Crippen LogP contribution in [0.3, 0.4) is 0 Å². The molecular formula is C18H16ClFN2O2. The van der Waals surface area contributed by atoms with E-state index in [4.69, 9.17) is 11.6 Å². The minimum Gasteiger partial charge on any atom is -0.352 e. The van der Waals surface area contributed by atoms with Crippen LogP contribution in [0.5, 0.6) is 0 Å². The minimum absolute atomic E-state index is 0.157. The van der Waals surface area contributed by atoms with Crippen molar-refractivity contribution in [2.24, 2.45) is 11.8 Å². The lowest BCUT2D eigenvalue weighted by molar-refractivity contribution is -0.125. The van der Waals surface area contributed by atoms with Crippen LogP contribution in [0.4, 0.5) is 10.1 Å². The number of anilines is 1. The molecule has 2 aromatic rings. The molecule has 2 atom stereocenters. The van der Waals surface area contributed by atoms with Gasteiger partial charge >= 0.3 is 0 Å². The highest BCUT2D eigenvalue weighted by Gasteiger charge is 2.47. The molecule has 2 N–H and O–H groups in total. The number of hydrogen-bond donors (Lipinski definition) is 2. The number of carbonyl (C=O) groups is 2. The number of rotatable bonds is 5. The normalized spacial score (nSPS) is 18.8. The Bertz CT molecular complexity index is 747. The van der Waals surface area contributed by atoms with Crippen LogP contribution in [0.25, 0.3) is 0 Å². The van der Waals surface area contributed by atoms with Gasteiger partial charge in [-0.25, -0.2) is 4.39 Å². The number of carbonyl (C=O) groups excluding carboxylic acids is 2. The molecule has 1 aliphatic rings. The van der Waals surface area contributed by atoms with Gasteiger partial charge in [-0.2, -0.15) is 0 Å². The zero-order valence-electron chi connectivity index (χ0n) is 12.8. The molecule has 0 aromatic heterocycles. The summed E-state index contributed by atoms with van der Waals surface area (Å²) in [4.78, 5) is 24.2. The molecule has 1 aliphatic carbocycles. The molecule has 6 heteroatoms. The summed E-state index contributed by atoms with van der Waals surface area (Å²) >= 11 is 5.80. The van der Waals surface area contributed by atoms with Crippen molar-refractivity contribution in [3.8, 4) is 0 Å². The van der Waals surface area contributed by atoms with Gasteiger partial charge in [0.2, 0.25) is 11.8 Å². The van der Waals surface area contributed by atoms with Gasteiger partial charge in [-0.05, 0) is 48.4 Å². The highest BCUT2D eigenvalue weighted by atomic mass is 35.5. The van der Waals surface area contributed by atoms with Gasteiger partial charge in [0, 0.05) is 17.3 Å². The van der Waals surface area contributed by atoms with Crippen molar-refractivity contribution in [3.63, 3.8) is 0 Å². The van der Waals surface area contributed by atoms with Gasteiger partial charge in [-0.1, -0.05) is 23.7 Å². The fourth-order valence-corrected chi connectivity index (χ4v) is 2.59. The fourth-order valence-electron chi connectivity index (χ4n) is 2.47. The lowest BCUT2D eigenvalue weighted by Crippen LogP contribution is -2.27. The summed E-state index contributed by atoms with van der Waals surface area (Å²) in [6.45, 7) is 0.321. The van der Waals surface area contributed by atoms with Gasteiger partial charge < -0.3 is 10.6 Å². The van der Waals surface area contributed by atoms with Gasteiger partial charge in [-0.15, -0.1) is 0 Å². The maximum Gasteiger partial charge on any atom is 0.228 e. The van der Waals surface area contributed by atoms with Gasteiger partial charge in [0.05, 0.1) is 11.8 Å². The van der Waals surface area contributed by atoms with E-state index in [2.05, 4.69) is 10.6 Å². The molecule has 2 amide bonds. The van der Waals surface area contributed by atoms with Crippen molar-refractivity contribution in [2.45, 2.75) is 13.0 Å². The molecule has 0 saturated heterocycles. The molecule has 1 saturated carbocycles. The van der Waals surface area contributed by atoms with Crippen LogP contribution in [0, 0.1) is 17.7 Å². The van der Waals surface area contributed by atoms with Crippen LogP contribution in [0.2, 0.25) is 5.02 Å². The monoisotopic (exact) mass is 346 g/mol. The number of hydrogen-bond acceptors (Lipinski definition) is 2. The SMILES string of the molecule is O=C(NCc1ccc(F)cc1)C1CC1C(=O)Nc1ccc(Cl)cc1. The van der Waals surface area contributed by atoms with Crippen LogP contribution < -0.4 is 10.6 Å². The largest absolute Gasteiger partial charge is 0.352 e. The van der Waals surface area contributed by atoms with Crippen molar-refractivity contribution in [2.75, 3.05) is 5.32 Å². The average molecular weight is 347 g/mol. The quantitative estimate of drug-likeness (QED) is 0.872. The standard InChI is InChI=1S/C18H16ClFN2O2/c19-12-3-7-14(8-4-12)22-18(24)16-9-15(16)17(23)21-10-11-1-5-13(20)6-2-11/h1-8,15-16H,9-10H2,(H,21,23)(H,22,24). The van der Waals surface area contributed by atoms with E-state index in [0.717, 1.165) is 5.56 Å². The van der Waals surface area contributed by atoms with Gasteiger partial charge in [-0.3, -0.25) is 9.59 Å². The summed E-state index contributed by atoms with van der Waals surface area (Å²) < 4.78 is 12.8. The van der Waals surface area contributed by atoms with Gasteiger partial charge in [0.25, 0.3) is 0 Å². The van der Waals surface area contributed by atoms with E-state index < -0.39 is 0 Å². The predicted octanol–water partition coefficient (Wildman–Crippen LogP) is 3.37. The van der Waals surface area contributed by atoms with E-state index in [-0.39, 0.29) is 29.5 Å². The second-order valence-electron chi connectivity index (χ2n) is 5.79. The van der Waals surface area contributed by atoms with Crippen LogP contribution in [0.15, 0.2) is 48.5 Å². The third-order valence-corrected chi connectivity index (χ3v) is 4.21. The highest BCUT2D eigenvalue weighted by molar-refractivity contribution is 6.30. The topological polar surface area (TPSA) is 58.2 Å². The number of halogens is 2. The minimum atomic E-state index is -0.314. The van der Waals surface area contributed by atoms with Crippen molar-refractivity contribution < 1.29 is 14.0 Å². The first-order valence-electron chi connectivity index (χ1n) is 7.61. The smallest absolute Gasteiger partial charge is 0.228 e. The lowest BCUT2D eigenvalue weighted by Gasteiger charge is -2.06. The zero-order chi connectivity index (χ0) is 17.1. The maximum atomic E-state index is 12.8. The number of nitrogens with one attached hydrogen (secondary N) is 2. The average Bonchev–Trinajstić information content (AvgIpc) is 3.37. The summed E-state index contributed by atoms with van der Waals surface area (Å²) in [6, 6.07) is 12.7. The zero-order valence-corrected chi connectivity index (χ0v) is 13.5. The molecule has 0 aliphatic heterocycles. The molecule has 3 rings (SSSR count). The van der Waals surface area contributed by atoms with Gasteiger partial charge in [0.1, 0.15) is 5.82 Å². The summed E-state index contributed by atoms with van der Waals surface area (Å²) in [6.07, 6.45) is 0.536. The van der Waals surface area contributed by atoms with Crippen LogP contribution >= 0.6 is 11.6 Å². The Morgan fingerprint density at radius 3 is 2.29 bits per heavy atom. The van der Waals surface area contributed by atoms with Crippen LogP contribution in [-0.4, -0.2) is 11.8 Å². The van der Waals surface area contributed by atoms with E-state index in [9.17, 15) is 14.0 Å². The van der Waals surface area contributed by atoms with E-state index >= 15 is 0 Å². The Morgan fingerprint density at radius 1 is 1.00 bits per heavy atom. The molecule has 2 aromatic carbocycles. The summed E-state index contributed by atoms with van der Waals surface area (Å²) in [7, 11) is 0. The Balaban J connectivity index is 1.47. The highest BCUT2D eigenvalue weighted by Crippen LogP contribution is 2.39. The van der Waals surface area contributed by atoms with Crippen molar-refractivity contribution in [1.29, 1.82) is 0 Å².